The predicted octanol–water partition coefficient (Wildman–Crippen LogP) is 2.78. The molecule has 2 aromatic carbocycles. The van der Waals surface area contributed by atoms with E-state index in [2.05, 4.69) is 5.32 Å². The molecule has 1 atom stereocenters. The molecule has 1 N–H and O–H groups in total. The average Bonchev–Trinajstić information content (AvgIpc) is 2.77. The zero-order valence-electron chi connectivity index (χ0n) is 15.0. The van der Waals surface area contributed by atoms with Crippen molar-refractivity contribution in [3.8, 4) is 0 Å². The lowest BCUT2D eigenvalue weighted by Gasteiger charge is -2.23. The molecule has 26 heavy (non-hydrogen) atoms. The zero-order valence-corrected chi connectivity index (χ0v) is 15.8. The van der Waals surface area contributed by atoms with Crippen LogP contribution >= 0.6 is 0 Å². The Labute approximate surface area is 152 Å². The van der Waals surface area contributed by atoms with Gasteiger partial charge in [-0.1, -0.05) is 29.8 Å². The fourth-order valence-corrected chi connectivity index (χ4v) is 5.02. The van der Waals surface area contributed by atoms with E-state index < -0.39 is 27.9 Å². The van der Waals surface area contributed by atoms with Gasteiger partial charge in [0.15, 0.2) is 0 Å². The first kappa shape index (κ1) is 18.1. The Morgan fingerprint density at radius 1 is 1.08 bits per heavy atom. The van der Waals surface area contributed by atoms with Crippen molar-refractivity contribution in [2.24, 2.45) is 0 Å². The normalized spacial score (nSPS) is 16.3. The van der Waals surface area contributed by atoms with E-state index in [-0.39, 0.29) is 10.5 Å². The standard InChI is InChI=1S/C19H20N2O4S/c1-11-9-12(2)17(13(3)10-11)20-18(22)14(4)21-19(23)15-7-5-6-8-16(15)26(21,24)25/h5-10,14H,1-4H3,(H,20,22)/t14-/m0/s1. The van der Waals surface area contributed by atoms with E-state index in [4.69, 9.17) is 0 Å². The van der Waals surface area contributed by atoms with Gasteiger partial charge in [-0.3, -0.25) is 9.59 Å². The average molecular weight is 372 g/mol. The minimum absolute atomic E-state index is 0.0626. The Balaban J connectivity index is 1.92. The molecule has 1 aliphatic rings. The summed E-state index contributed by atoms with van der Waals surface area (Å²) in [4.78, 5) is 25.2. The van der Waals surface area contributed by atoms with Crippen molar-refractivity contribution >= 4 is 27.5 Å². The van der Waals surface area contributed by atoms with E-state index in [1.807, 2.05) is 32.9 Å². The maximum absolute atomic E-state index is 12.7. The monoisotopic (exact) mass is 372 g/mol. The molecule has 3 rings (SSSR count). The molecule has 0 radical (unpaired) electrons. The zero-order chi connectivity index (χ0) is 19.2. The van der Waals surface area contributed by atoms with E-state index in [9.17, 15) is 18.0 Å². The van der Waals surface area contributed by atoms with Gasteiger partial charge in [-0.2, -0.15) is 0 Å². The van der Waals surface area contributed by atoms with E-state index in [0.717, 1.165) is 16.7 Å². The first-order valence-electron chi connectivity index (χ1n) is 8.21. The quantitative estimate of drug-likeness (QED) is 0.898. The molecule has 2 amide bonds. The molecule has 0 bridgehead atoms. The lowest BCUT2D eigenvalue weighted by atomic mass is 10.0. The molecule has 0 fully saturated rings. The molecule has 0 saturated heterocycles. The van der Waals surface area contributed by atoms with Gasteiger partial charge in [0.25, 0.3) is 15.9 Å². The van der Waals surface area contributed by atoms with Crippen molar-refractivity contribution in [2.75, 3.05) is 5.32 Å². The number of hydrogen-bond donors (Lipinski definition) is 1. The molecule has 1 aliphatic heterocycles. The topological polar surface area (TPSA) is 83.6 Å². The Kier molecular flexibility index (Phi) is 4.36. The third-order valence-electron chi connectivity index (χ3n) is 4.51. The second kappa shape index (κ2) is 6.25. The second-order valence-corrected chi connectivity index (χ2v) is 8.32. The molecular formula is C19H20N2O4S. The van der Waals surface area contributed by atoms with E-state index in [1.165, 1.54) is 19.1 Å². The summed E-state index contributed by atoms with van der Waals surface area (Å²) in [6, 6.07) is 8.67. The number of amides is 2. The molecule has 2 aromatic rings. The third-order valence-corrected chi connectivity index (χ3v) is 6.42. The second-order valence-electron chi connectivity index (χ2n) is 6.54. The molecule has 0 saturated carbocycles. The van der Waals surface area contributed by atoms with Gasteiger partial charge in [-0.15, -0.1) is 0 Å². The predicted molar refractivity (Wildman–Crippen MR) is 98.5 cm³/mol. The number of rotatable bonds is 3. The SMILES string of the molecule is Cc1cc(C)c(NC(=O)[C@H](C)N2C(=O)c3ccccc3S2(=O)=O)c(C)c1. The highest BCUT2D eigenvalue weighted by atomic mass is 32.2. The van der Waals surface area contributed by atoms with Gasteiger partial charge in [0.05, 0.1) is 5.56 Å². The number of nitrogens with one attached hydrogen (secondary N) is 1. The van der Waals surface area contributed by atoms with Crippen LogP contribution in [0.1, 0.15) is 34.0 Å². The number of anilines is 1. The largest absolute Gasteiger partial charge is 0.324 e. The summed E-state index contributed by atoms with van der Waals surface area (Å²) in [5.74, 6) is -1.23. The lowest BCUT2D eigenvalue weighted by Crippen LogP contribution is -2.45. The summed E-state index contributed by atoms with van der Waals surface area (Å²) in [5, 5.41) is 2.77. The maximum Gasteiger partial charge on any atom is 0.269 e. The van der Waals surface area contributed by atoms with Crippen LogP contribution in [0.2, 0.25) is 0 Å². The molecular weight excluding hydrogens is 352 g/mol. The molecule has 0 aliphatic carbocycles. The fraction of sp³-hybridized carbons (Fsp3) is 0.263. The first-order valence-corrected chi connectivity index (χ1v) is 9.65. The van der Waals surface area contributed by atoms with E-state index in [0.29, 0.717) is 9.99 Å². The van der Waals surface area contributed by atoms with Crippen LogP contribution in [-0.2, 0) is 14.8 Å². The van der Waals surface area contributed by atoms with Gasteiger partial charge in [-0.05, 0) is 51.0 Å². The van der Waals surface area contributed by atoms with Gasteiger partial charge < -0.3 is 5.32 Å². The van der Waals surface area contributed by atoms with Crippen molar-refractivity contribution in [1.29, 1.82) is 0 Å². The van der Waals surface area contributed by atoms with Crippen LogP contribution in [-0.4, -0.2) is 30.6 Å². The van der Waals surface area contributed by atoms with Crippen molar-refractivity contribution in [3.05, 3.63) is 58.7 Å². The highest BCUT2D eigenvalue weighted by molar-refractivity contribution is 7.90. The summed E-state index contributed by atoms with van der Waals surface area (Å²) in [5.41, 5.74) is 3.55. The first-order chi connectivity index (χ1) is 12.1. The van der Waals surface area contributed by atoms with Gasteiger partial charge in [0.2, 0.25) is 5.91 Å². The molecule has 0 unspecified atom stereocenters. The van der Waals surface area contributed by atoms with Crippen LogP contribution < -0.4 is 5.32 Å². The summed E-state index contributed by atoms with van der Waals surface area (Å²) in [6.45, 7) is 7.11. The Bertz CT molecular complexity index is 1000. The Morgan fingerprint density at radius 3 is 2.23 bits per heavy atom. The highest BCUT2D eigenvalue weighted by Gasteiger charge is 2.45. The van der Waals surface area contributed by atoms with Crippen LogP contribution in [0.4, 0.5) is 5.69 Å². The number of carbonyl (C=O) groups excluding carboxylic acids is 2. The van der Waals surface area contributed by atoms with Crippen molar-refractivity contribution in [3.63, 3.8) is 0 Å². The van der Waals surface area contributed by atoms with E-state index >= 15 is 0 Å². The van der Waals surface area contributed by atoms with Crippen LogP contribution in [0.5, 0.6) is 0 Å². The highest BCUT2D eigenvalue weighted by Crippen LogP contribution is 2.32. The van der Waals surface area contributed by atoms with Crippen LogP contribution in [0.3, 0.4) is 0 Å². The maximum atomic E-state index is 12.7. The minimum Gasteiger partial charge on any atom is -0.324 e. The minimum atomic E-state index is -4.04. The van der Waals surface area contributed by atoms with Crippen molar-refractivity contribution < 1.29 is 18.0 Å². The van der Waals surface area contributed by atoms with Gasteiger partial charge in [0, 0.05) is 5.69 Å². The van der Waals surface area contributed by atoms with Gasteiger partial charge >= 0.3 is 0 Å². The number of sulfonamides is 1. The van der Waals surface area contributed by atoms with Crippen molar-refractivity contribution in [1.82, 2.24) is 4.31 Å². The lowest BCUT2D eigenvalue weighted by molar-refractivity contribution is -0.118. The fourth-order valence-electron chi connectivity index (χ4n) is 3.30. The van der Waals surface area contributed by atoms with Gasteiger partial charge in [0.1, 0.15) is 10.9 Å². The number of carbonyl (C=O) groups is 2. The number of fused-ring (bicyclic) bond motifs is 1. The van der Waals surface area contributed by atoms with Crippen LogP contribution in [0.25, 0.3) is 0 Å². The molecule has 136 valence electrons. The summed E-state index contributed by atoms with van der Waals surface area (Å²) < 4.78 is 26.1. The third kappa shape index (κ3) is 2.78. The number of aryl methyl sites for hydroxylation is 3. The summed E-state index contributed by atoms with van der Waals surface area (Å²) in [7, 11) is -4.04. The molecule has 0 aromatic heterocycles. The van der Waals surface area contributed by atoms with Crippen LogP contribution in [0, 0.1) is 20.8 Å². The molecule has 6 nitrogen and oxygen atoms in total. The smallest absolute Gasteiger partial charge is 0.269 e. The van der Waals surface area contributed by atoms with Crippen molar-refractivity contribution in [2.45, 2.75) is 38.6 Å². The number of nitrogens with zero attached hydrogens (tertiary/aromatic N) is 1. The van der Waals surface area contributed by atoms with Crippen LogP contribution in [0.15, 0.2) is 41.3 Å². The Morgan fingerprint density at radius 2 is 1.65 bits per heavy atom. The summed E-state index contributed by atoms with van der Waals surface area (Å²) >= 11 is 0. The van der Waals surface area contributed by atoms with Gasteiger partial charge in [-0.25, -0.2) is 12.7 Å². The van der Waals surface area contributed by atoms with E-state index in [1.54, 1.807) is 12.1 Å². The molecule has 0 spiro atoms. The molecule has 1 heterocycles. The number of hydrogen-bond acceptors (Lipinski definition) is 4. The summed E-state index contributed by atoms with van der Waals surface area (Å²) in [6.07, 6.45) is 0. The molecule has 7 heteroatoms. The number of benzene rings is 2. The Hall–Kier alpha value is -2.67.